The van der Waals surface area contributed by atoms with Gasteiger partial charge < -0.3 is 16.0 Å². The Labute approximate surface area is 114 Å². The topological polar surface area (TPSA) is 65.5 Å². The van der Waals surface area contributed by atoms with Crippen molar-refractivity contribution in [2.24, 2.45) is 4.99 Å². The van der Waals surface area contributed by atoms with Crippen LogP contribution in [-0.4, -0.2) is 31.5 Å². The number of carbonyl (C=O) groups is 1. The maximum atomic E-state index is 11.7. The summed E-state index contributed by atoms with van der Waals surface area (Å²) in [5.41, 5.74) is 1.08. The number of carbonyl (C=O) groups excluding carboxylic acids is 1. The molecule has 0 atom stereocenters. The van der Waals surface area contributed by atoms with E-state index in [1.807, 2.05) is 44.2 Å². The quantitative estimate of drug-likeness (QED) is 0.545. The Hall–Kier alpha value is -2.04. The van der Waals surface area contributed by atoms with Crippen LogP contribution in [0.25, 0.3) is 0 Å². The van der Waals surface area contributed by atoms with Crippen molar-refractivity contribution in [3.8, 4) is 0 Å². The van der Waals surface area contributed by atoms with E-state index in [1.54, 1.807) is 7.05 Å². The van der Waals surface area contributed by atoms with E-state index in [2.05, 4.69) is 20.9 Å². The number of rotatable bonds is 5. The monoisotopic (exact) mass is 262 g/mol. The number of aliphatic imine (C=N–C) groups is 1. The molecule has 1 rings (SSSR count). The van der Waals surface area contributed by atoms with Crippen LogP contribution < -0.4 is 16.0 Å². The van der Waals surface area contributed by atoms with Crippen molar-refractivity contribution in [1.82, 2.24) is 16.0 Å². The fourth-order valence-corrected chi connectivity index (χ4v) is 1.49. The highest BCUT2D eigenvalue weighted by Crippen LogP contribution is 1.96. The molecule has 0 bridgehead atoms. The zero-order chi connectivity index (χ0) is 14.1. The van der Waals surface area contributed by atoms with E-state index in [0.29, 0.717) is 12.5 Å². The van der Waals surface area contributed by atoms with Gasteiger partial charge in [0.2, 0.25) is 5.91 Å². The van der Waals surface area contributed by atoms with Crippen LogP contribution in [-0.2, 0) is 11.3 Å². The Morgan fingerprint density at radius 2 is 1.89 bits per heavy atom. The SMILES string of the molecule is CN=C(NCC(=O)NCc1ccccc1)NC(C)C. The molecular formula is C14H22N4O. The van der Waals surface area contributed by atoms with E-state index >= 15 is 0 Å². The summed E-state index contributed by atoms with van der Waals surface area (Å²) in [6.45, 7) is 4.78. The second-order valence-electron chi connectivity index (χ2n) is 4.49. The lowest BCUT2D eigenvalue weighted by Gasteiger charge is -2.14. The van der Waals surface area contributed by atoms with Gasteiger partial charge in [-0.25, -0.2) is 0 Å². The molecule has 19 heavy (non-hydrogen) atoms. The van der Waals surface area contributed by atoms with E-state index in [9.17, 15) is 4.79 Å². The molecule has 0 fully saturated rings. The summed E-state index contributed by atoms with van der Waals surface area (Å²) in [5, 5.41) is 8.93. The Bertz CT molecular complexity index is 415. The molecular weight excluding hydrogens is 240 g/mol. The summed E-state index contributed by atoms with van der Waals surface area (Å²) in [7, 11) is 1.68. The number of nitrogens with zero attached hydrogens (tertiary/aromatic N) is 1. The Morgan fingerprint density at radius 1 is 1.21 bits per heavy atom. The lowest BCUT2D eigenvalue weighted by atomic mass is 10.2. The lowest BCUT2D eigenvalue weighted by Crippen LogP contribution is -2.45. The number of hydrogen-bond donors (Lipinski definition) is 3. The van der Waals surface area contributed by atoms with Crippen LogP contribution in [0.5, 0.6) is 0 Å². The van der Waals surface area contributed by atoms with Gasteiger partial charge in [0.1, 0.15) is 0 Å². The van der Waals surface area contributed by atoms with Gasteiger partial charge in [-0.2, -0.15) is 0 Å². The van der Waals surface area contributed by atoms with Crippen LogP contribution in [0, 0.1) is 0 Å². The van der Waals surface area contributed by atoms with Crippen LogP contribution in [0.4, 0.5) is 0 Å². The molecule has 0 aliphatic heterocycles. The highest BCUT2D eigenvalue weighted by atomic mass is 16.1. The predicted octanol–water partition coefficient (Wildman–Crippen LogP) is 0.876. The summed E-state index contributed by atoms with van der Waals surface area (Å²) < 4.78 is 0. The maximum absolute atomic E-state index is 11.7. The first-order valence-corrected chi connectivity index (χ1v) is 6.39. The number of nitrogens with one attached hydrogen (secondary N) is 3. The van der Waals surface area contributed by atoms with Crippen LogP contribution in [0.1, 0.15) is 19.4 Å². The molecule has 0 spiro atoms. The van der Waals surface area contributed by atoms with Crippen LogP contribution in [0.3, 0.4) is 0 Å². The second kappa shape index (κ2) is 8.13. The third-order valence-electron chi connectivity index (χ3n) is 2.40. The lowest BCUT2D eigenvalue weighted by molar-refractivity contribution is -0.120. The van der Waals surface area contributed by atoms with Gasteiger partial charge in [0, 0.05) is 19.6 Å². The van der Waals surface area contributed by atoms with Gasteiger partial charge in [0.25, 0.3) is 0 Å². The zero-order valence-corrected chi connectivity index (χ0v) is 11.7. The molecule has 0 saturated heterocycles. The van der Waals surface area contributed by atoms with Gasteiger partial charge in [-0.1, -0.05) is 30.3 Å². The fourth-order valence-electron chi connectivity index (χ4n) is 1.49. The number of hydrogen-bond acceptors (Lipinski definition) is 2. The third-order valence-corrected chi connectivity index (χ3v) is 2.40. The zero-order valence-electron chi connectivity index (χ0n) is 11.7. The highest BCUT2D eigenvalue weighted by molar-refractivity contribution is 5.86. The van der Waals surface area contributed by atoms with E-state index in [1.165, 1.54) is 0 Å². The molecule has 0 saturated carbocycles. The van der Waals surface area contributed by atoms with Crippen molar-refractivity contribution in [2.45, 2.75) is 26.4 Å². The first kappa shape index (κ1) is 15.0. The molecule has 5 heteroatoms. The summed E-state index contributed by atoms with van der Waals surface area (Å²) in [6, 6.07) is 10.1. The smallest absolute Gasteiger partial charge is 0.239 e. The van der Waals surface area contributed by atoms with Gasteiger partial charge >= 0.3 is 0 Å². The average Bonchev–Trinajstić information content (AvgIpc) is 2.42. The summed E-state index contributed by atoms with van der Waals surface area (Å²) in [6.07, 6.45) is 0. The largest absolute Gasteiger partial charge is 0.354 e. The average molecular weight is 262 g/mol. The Morgan fingerprint density at radius 3 is 2.47 bits per heavy atom. The molecule has 0 radical (unpaired) electrons. The molecule has 1 amide bonds. The third kappa shape index (κ3) is 6.45. The normalized spacial score (nSPS) is 11.3. The minimum Gasteiger partial charge on any atom is -0.354 e. The second-order valence-corrected chi connectivity index (χ2v) is 4.49. The summed E-state index contributed by atoms with van der Waals surface area (Å²) >= 11 is 0. The first-order chi connectivity index (χ1) is 9.11. The van der Waals surface area contributed by atoms with Gasteiger partial charge in [-0.15, -0.1) is 0 Å². The van der Waals surface area contributed by atoms with Crippen LogP contribution in [0.15, 0.2) is 35.3 Å². The number of guanidine groups is 1. The standard InChI is InChI=1S/C14H22N4O/c1-11(2)18-14(15-3)17-10-13(19)16-9-12-7-5-4-6-8-12/h4-8,11H,9-10H2,1-3H3,(H,16,19)(H2,15,17,18). The van der Waals surface area contributed by atoms with Crippen molar-refractivity contribution in [3.05, 3.63) is 35.9 Å². The van der Waals surface area contributed by atoms with Crippen molar-refractivity contribution in [3.63, 3.8) is 0 Å². The molecule has 104 valence electrons. The van der Waals surface area contributed by atoms with Crippen molar-refractivity contribution >= 4 is 11.9 Å². The fraction of sp³-hybridized carbons (Fsp3) is 0.429. The number of benzene rings is 1. The molecule has 0 aliphatic rings. The van der Waals surface area contributed by atoms with Crippen molar-refractivity contribution in [1.29, 1.82) is 0 Å². The molecule has 0 aliphatic carbocycles. The maximum Gasteiger partial charge on any atom is 0.239 e. The highest BCUT2D eigenvalue weighted by Gasteiger charge is 2.04. The van der Waals surface area contributed by atoms with Gasteiger partial charge in [-0.05, 0) is 19.4 Å². The van der Waals surface area contributed by atoms with Crippen molar-refractivity contribution in [2.75, 3.05) is 13.6 Å². The molecule has 1 aromatic rings. The van der Waals surface area contributed by atoms with Crippen LogP contribution in [0.2, 0.25) is 0 Å². The molecule has 5 nitrogen and oxygen atoms in total. The molecule has 0 heterocycles. The predicted molar refractivity (Wildman–Crippen MR) is 77.9 cm³/mol. The van der Waals surface area contributed by atoms with Crippen LogP contribution >= 0.6 is 0 Å². The Kier molecular flexibility index (Phi) is 6.43. The van der Waals surface area contributed by atoms with E-state index in [4.69, 9.17) is 0 Å². The van der Waals surface area contributed by atoms with E-state index < -0.39 is 0 Å². The van der Waals surface area contributed by atoms with Gasteiger partial charge in [0.05, 0.1) is 6.54 Å². The summed E-state index contributed by atoms with van der Waals surface area (Å²) in [5.74, 6) is 0.570. The van der Waals surface area contributed by atoms with Gasteiger partial charge in [-0.3, -0.25) is 9.79 Å². The number of amides is 1. The van der Waals surface area contributed by atoms with E-state index in [0.717, 1.165) is 5.56 Å². The van der Waals surface area contributed by atoms with E-state index in [-0.39, 0.29) is 18.5 Å². The molecule has 3 N–H and O–H groups in total. The molecule has 0 unspecified atom stereocenters. The molecule has 0 aromatic heterocycles. The minimum absolute atomic E-state index is 0.0597. The molecule has 1 aromatic carbocycles. The Balaban J connectivity index is 2.28. The summed E-state index contributed by atoms with van der Waals surface area (Å²) in [4.78, 5) is 15.7. The minimum atomic E-state index is -0.0597. The first-order valence-electron chi connectivity index (χ1n) is 6.39. The van der Waals surface area contributed by atoms with Gasteiger partial charge in [0.15, 0.2) is 5.96 Å². The van der Waals surface area contributed by atoms with Crippen molar-refractivity contribution < 1.29 is 4.79 Å².